The van der Waals surface area contributed by atoms with E-state index in [1.54, 1.807) is 13.8 Å². The summed E-state index contributed by atoms with van der Waals surface area (Å²) in [5.74, 6) is -1.44. The SMILES string of the molecule is CCOC(=O)c1ccc(NS(=O)(=O)c2cc(N3C(=O)CCS3(=O)=O)ccc2C)cc1. The number of carbonyl (C=O) groups is 2. The van der Waals surface area contributed by atoms with Gasteiger partial charge in [0.2, 0.25) is 15.9 Å². The lowest BCUT2D eigenvalue weighted by Gasteiger charge is -2.17. The van der Waals surface area contributed by atoms with E-state index in [0.29, 0.717) is 9.87 Å². The van der Waals surface area contributed by atoms with Crippen LogP contribution in [0, 0.1) is 6.92 Å². The first kappa shape index (κ1) is 21.8. The van der Waals surface area contributed by atoms with E-state index in [4.69, 9.17) is 4.74 Å². The van der Waals surface area contributed by atoms with Gasteiger partial charge in [0.05, 0.1) is 28.5 Å². The topological polar surface area (TPSA) is 127 Å². The van der Waals surface area contributed by atoms with Crippen molar-refractivity contribution in [3.63, 3.8) is 0 Å². The highest BCUT2D eigenvalue weighted by Gasteiger charge is 2.37. The van der Waals surface area contributed by atoms with Gasteiger partial charge in [0.1, 0.15) is 0 Å². The normalized spacial score (nSPS) is 15.8. The zero-order valence-corrected chi connectivity index (χ0v) is 17.9. The fraction of sp³-hybridized carbons (Fsp3) is 0.263. The molecule has 0 aromatic heterocycles. The Labute approximate surface area is 174 Å². The van der Waals surface area contributed by atoms with Crippen LogP contribution in [-0.4, -0.2) is 41.1 Å². The van der Waals surface area contributed by atoms with Crippen LogP contribution in [0.15, 0.2) is 47.4 Å². The third-order valence-corrected chi connectivity index (χ3v) is 7.64. The van der Waals surface area contributed by atoms with E-state index < -0.39 is 31.9 Å². The van der Waals surface area contributed by atoms with Crippen LogP contribution in [0.5, 0.6) is 0 Å². The Morgan fingerprint density at radius 1 is 1.17 bits per heavy atom. The van der Waals surface area contributed by atoms with E-state index in [1.165, 1.54) is 36.4 Å². The Morgan fingerprint density at radius 3 is 2.40 bits per heavy atom. The molecule has 0 bridgehead atoms. The largest absolute Gasteiger partial charge is 0.462 e. The molecule has 0 unspecified atom stereocenters. The lowest BCUT2D eigenvalue weighted by atomic mass is 10.2. The van der Waals surface area contributed by atoms with Crippen LogP contribution in [0.1, 0.15) is 29.3 Å². The predicted molar refractivity (Wildman–Crippen MR) is 110 cm³/mol. The minimum Gasteiger partial charge on any atom is -0.462 e. The van der Waals surface area contributed by atoms with Gasteiger partial charge in [-0.15, -0.1) is 0 Å². The molecule has 0 atom stereocenters. The molecular weight excluding hydrogens is 432 g/mol. The lowest BCUT2D eigenvalue weighted by molar-refractivity contribution is -0.116. The molecule has 1 heterocycles. The van der Waals surface area contributed by atoms with Gasteiger partial charge in [0.15, 0.2) is 0 Å². The summed E-state index contributed by atoms with van der Waals surface area (Å²) < 4.78 is 58.0. The maximum absolute atomic E-state index is 12.9. The molecule has 1 saturated heterocycles. The van der Waals surface area contributed by atoms with Crippen molar-refractivity contribution in [3.8, 4) is 0 Å². The molecule has 1 aliphatic rings. The third kappa shape index (κ3) is 4.31. The molecule has 0 radical (unpaired) electrons. The molecule has 0 aliphatic carbocycles. The predicted octanol–water partition coefficient (Wildman–Crippen LogP) is 2.04. The van der Waals surface area contributed by atoms with Crippen molar-refractivity contribution in [2.75, 3.05) is 21.4 Å². The minimum atomic E-state index is -4.09. The van der Waals surface area contributed by atoms with Crippen LogP contribution in [0.4, 0.5) is 11.4 Å². The molecule has 1 amide bonds. The van der Waals surface area contributed by atoms with Crippen LogP contribution in [0.25, 0.3) is 0 Å². The second-order valence-electron chi connectivity index (χ2n) is 6.58. The average molecular weight is 453 g/mol. The van der Waals surface area contributed by atoms with Gasteiger partial charge in [0.25, 0.3) is 10.0 Å². The van der Waals surface area contributed by atoms with Crippen molar-refractivity contribution < 1.29 is 31.2 Å². The van der Waals surface area contributed by atoms with Crippen molar-refractivity contribution >= 4 is 43.3 Å². The van der Waals surface area contributed by atoms with Crippen molar-refractivity contribution in [2.24, 2.45) is 0 Å². The van der Waals surface area contributed by atoms with Gasteiger partial charge in [-0.3, -0.25) is 9.52 Å². The molecule has 1 N–H and O–H groups in total. The van der Waals surface area contributed by atoms with E-state index in [-0.39, 0.29) is 40.6 Å². The third-order valence-electron chi connectivity index (χ3n) is 4.42. The fourth-order valence-corrected chi connectivity index (χ4v) is 5.75. The number of hydrogen-bond donors (Lipinski definition) is 1. The quantitative estimate of drug-likeness (QED) is 0.665. The highest BCUT2D eigenvalue weighted by atomic mass is 32.2. The molecule has 30 heavy (non-hydrogen) atoms. The zero-order chi connectivity index (χ0) is 22.1. The summed E-state index contributed by atoms with van der Waals surface area (Å²) >= 11 is 0. The van der Waals surface area contributed by atoms with Gasteiger partial charge >= 0.3 is 5.97 Å². The van der Waals surface area contributed by atoms with E-state index in [1.807, 2.05) is 0 Å². The van der Waals surface area contributed by atoms with E-state index in [2.05, 4.69) is 4.72 Å². The number of nitrogens with one attached hydrogen (secondary N) is 1. The fourth-order valence-electron chi connectivity index (χ4n) is 2.97. The summed E-state index contributed by atoms with van der Waals surface area (Å²) in [6, 6.07) is 9.67. The van der Waals surface area contributed by atoms with Crippen LogP contribution >= 0.6 is 0 Å². The van der Waals surface area contributed by atoms with Crippen molar-refractivity contribution in [1.82, 2.24) is 0 Å². The van der Waals surface area contributed by atoms with E-state index in [9.17, 15) is 26.4 Å². The number of rotatable bonds is 6. The maximum atomic E-state index is 12.9. The van der Waals surface area contributed by atoms with Gasteiger partial charge in [-0.05, 0) is 55.8 Å². The Kier molecular flexibility index (Phi) is 5.86. The molecule has 9 nitrogen and oxygen atoms in total. The average Bonchev–Trinajstić information content (AvgIpc) is 2.95. The number of benzene rings is 2. The molecular formula is C19H20N2O7S2. The highest BCUT2D eigenvalue weighted by molar-refractivity contribution is 7.94. The summed E-state index contributed by atoms with van der Waals surface area (Å²) in [6.45, 7) is 3.46. The monoisotopic (exact) mass is 452 g/mol. The number of esters is 1. The minimum absolute atomic E-state index is 0.0267. The first-order valence-corrected chi connectivity index (χ1v) is 12.1. The molecule has 1 aliphatic heterocycles. The number of nitrogens with zero attached hydrogens (tertiary/aromatic N) is 1. The number of aryl methyl sites for hydroxylation is 1. The molecule has 0 spiro atoms. The Balaban J connectivity index is 1.91. The number of hydrogen-bond acceptors (Lipinski definition) is 7. The Hall–Kier alpha value is -2.92. The van der Waals surface area contributed by atoms with Crippen molar-refractivity contribution in [2.45, 2.75) is 25.2 Å². The van der Waals surface area contributed by atoms with Crippen LogP contribution in [-0.2, 0) is 29.6 Å². The van der Waals surface area contributed by atoms with E-state index in [0.717, 1.165) is 6.07 Å². The number of ether oxygens (including phenoxy) is 1. The smallest absolute Gasteiger partial charge is 0.338 e. The van der Waals surface area contributed by atoms with Crippen LogP contribution < -0.4 is 9.03 Å². The van der Waals surface area contributed by atoms with Gasteiger partial charge in [-0.25, -0.2) is 25.9 Å². The number of amides is 1. The molecule has 11 heteroatoms. The van der Waals surface area contributed by atoms with Gasteiger partial charge in [-0.2, -0.15) is 0 Å². The van der Waals surface area contributed by atoms with Gasteiger partial charge in [-0.1, -0.05) is 6.07 Å². The molecule has 1 fully saturated rings. The molecule has 3 rings (SSSR count). The van der Waals surface area contributed by atoms with Crippen LogP contribution in [0.3, 0.4) is 0 Å². The van der Waals surface area contributed by atoms with E-state index >= 15 is 0 Å². The maximum Gasteiger partial charge on any atom is 0.338 e. The first-order valence-electron chi connectivity index (χ1n) is 9.01. The lowest BCUT2D eigenvalue weighted by Crippen LogP contribution is -2.29. The summed E-state index contributed by atoms with van der Waals surface area (Å²) in [5, 5.41) is 0. The first-order chi connectivity index (χ1) is 14.0. The summed E-state index contributed by atoms with van der Waals surface area (Å²) in [5.41, 5.74) is 0.827. The highest BCUT2D eigenvalue weighted by Crippen LogP contribution is 2.30. The Morgan fingerprint density at radius 2 is 1.83 bits per heavy atom. The second kappa shape index (κ2) is 8.07. The number of sulfonamides is 2. The molecule has 0 saturated carbocycles. The number of anilines is 2. The summed E-state index contributed by atoms with van der Waals surface area (Å²) in [6.07, 6.45) is -0.149. The molecule has 2 aromatic rings. The molecule has 2 aromatic carbocycles. The van der Waals surface area contributed by atoms with Gasteiger partial charge in [0, 0.05) is 12.1 Å². The van der Waals surface area contributed by atoms with Crippen molar-refractivity contribution in [1.29, 1.82) is 0 Å². The number of carbonyl (C=O) groups excluding carboxylic acids is 2. The van der Waals surface area contributed by atoms with Crippen LogP contribution in [0.2, 0.25) is 0 Å². The standard InChI is InChI=1S/C19H20N2O7S2/c1-3-28-19(23)14-5-7-15(8-6-14)20-30(26,27)17-12-16(9-4-13(17)2)21-18(22)10-11-29(21,24)25/h4-9,12,20H,3,10-11H2,1-2H3. The molecule has 160 valence electrons. The summed E-state index contributed by atoms with van der Waals surface area (Å²) in [4.78, 5) is 23.5. The van der Waals surface area contributed by atoms with Crippen molar-refractivity contribution in [3.05, 3.63) is 53.6 Å². The zero-order valence-electron chi connectivity index (χ0n) is 16.3. The second-order valence-corrected chi connectivity index (χ2v) is 10.2. The summed E-state index contributed by atoms with van der Waals surface area (Å²) in [7, 11) is -7.91. The van der Waals surface area contributed by atoms with Gasteiger partial charge < -0.3 is 4.74 Å². The Bertz CT molecular complexity index is 1200.